The van der Waals surface area contributed by atoms with E-state index in [-0.39, 0.29) is 5.91 Å². The van der Waals surface area contributed by atoms with Gasteiger partial charge in [-0.2, -0.15) is 0 Å². The molecule has 19 heavy (non-hydrogen) atoms. The molecule has 1 fully saturated rings. The molecular weight excluding hydrogens is 236 g/mol. The summed E-state index contributed by atoms with van der Waals surface area (Å²) in [6.45, 7) is 6.26. The third-order valence-electron chi connectivity index (χ3n) is 3.32. The van der Waals surface area contributed by atoms with Crippen molar-refractivity contribution < 1.29 is 4.79 Å². The van der Waals surface area contributed by atoms with Gasteiger partial charge >= 0.3 is 0 Å². The number of amides is 1. The zero-order valence-electron chi connectivity index (χ0n) is 11.4. The standard InChI is InChI=1S/C13H17B2N3O/c1-3-16-12(19)10-5-4-6-11(17-10)13(14,15)18-7-9(2)8-18/h4-6,9H,3,7-8H2,1-2H3,(H,16,19). The van der Waals surface area contributed by atoms with Crippen molar-refractivity contribution in [2.75, 3.05) is 19.6 Å². The highest BCUT2D eigenvalue weighted by atomic mass is 16.1. The number of pyridine rings is 1. The molecular formula is C13H17B2N3O. The predicted octanol–water partition coefficient (Wildman–Crippen LogP) is 0.230. The van der Waals surface area contributed by atoms with Crippen LogP contribution >= 0.6 is 0 Å². The number of carbonyl (C=O) groups excluding carboxylic acids is 1. The van der Waals surface area contributed by atoms with E-state index < -0.39 is 5.34 Å². The monoisotopic (exact) mass is 253 g/mol. The molecule has 0 spiro atoms. The van der Waals surface area contributed by atoms with Gasteiger partial charge in [0.15, 0.2) is 0 Å². The number of hydrogen-bond donors (Lipinski definition) is 1. The number of nitrogens with zero attached hydrogens (tertiary/aromatic N) is 2. The van der Waals surface area contributed by atoms with E-state index in [9.17, 15) is 4.79 Å². The van der Waals surface area contributed by atoms with Crippen LogP contribution in [-0.2, 0) is 5.34 Å². The fraction of sp³-hybridized carbons (Fsp3) is 0.538. The Balaban J connectivity index is 2.20. The molecule has 0 aromatic carbocycles. The lowest BCUT2D eigenvalue weighted by Gasteiger charge is -2.49. The fourth-order valence-corrected chi connectivity index (χ4v) is 2.20. The maximum Gasteiger partial charge on any atom is 0.269 e. The topological polar surface area (TPSA) is 45.2 Å². The van der Waals surface area contributed by atoms with Gasteiger partial charge in [-0.15, -0.1) is 0 Å². The van der Waals surface area contributed by atoms with Gasteiger partial charge in [-0.25, -0.2) is 4.98 Å². The molecule has 0 unspecified atom stereocenters. The third kappa shape index (κ3) is 2.84. The van der Waals surface area contributed by atoms with Crippen LogP contribution < -0.4 is 5.32 Å². The van der Waals surface area contributed by atoms with Crippen molar-refractivity contribution >= 4 is 21.6 Å². The van der Waals surface area contributed by atoms with Crippen molar-refractivity contribution in [3.8, 4) is 0 Å². The molecule has 2 rings (SSSR count). The van der Waals surface area contributed by atoms with Crippen molar-refractivity contribution in [2.45, 2.75) is 19.2 Å². The van der Waals surface area contributed by atoms with Crippen molar-refractivity contribution in [1.82, 2.24) is 15.2 Å². The summed E-state index contributed by atoms with van der Waals surface area (Å²) in [5, 5.41) is 1.59. The van der Waals surface area contributed by atoms with Crippen LogP contribution in [0.1, 0.15) is 30.0 Å². The Morgan fingerprint density at radius 3 is 2.79 bits per heavy atom. The predicted molar refractivity (Wildman–Crippen MR) is 76.2 cm³/mol. The quantitative estimate of drug-likeness (QED) is 0.781. The first-order chi connectivity index (χ1) is 8.95. The first kappa shape index (κ1) is 14.1. The molecule has 1 aliphatic rings. The summed E-state index contributed by atoms with van der Waals surface area (Å²) in [4.78, 5) is 18.0. The summed E-state index contributed by atoms with van der Waals surface area (Å²) in [5.74, 6) is 0.384. The number of carbonyl (C=O) groups is 1. The van der Waals surface area contributed by atoms with Crippen molar-refractivity contribution in [2.24, 2.45) is 5.92 Å². The lowest BCUT2D eigenvalue weighted by Crippen LogP contribution is -2.58. The van der Waals surface area contributed by atoms with E-state index in [1.807, 2.05) is 11.8 Å². The molecule has 0 aliphatic carbocycles. The van der Waals surface area contributed by atoms with Crippen molar-refractivity contribution in [1.29, 1.82) is 0 Å². The minimum Gasteiger partial charge on any atom is -0.351 e. The van der Waals surface area contributed by atoms with Crippen LogP contribution in [0, 0.1) is 5.92 Å². The lowest BCUT2D eigenvalue weighted by molar-refractivity contribution is 0.0746. The second-order valence-electron chi connectivity index (χ2n) is 5.10. The second kappa shape index (κ2) is 5.37. The molecule has 1 aliphatic heterocycles. The van der Waals surface area contributed by atoms with Crippen LogP contribution in [0.3, 0.4) is 0 Å². The Labute approximate surface area is 116 Å². The van der Waals surface area contributed by atoms with E-state index >= 15 is 0 Å². The molecule has 96 valence electrons. The third-order valence-corrected chi connectivity index (χ3v) is 3.32. The highest BCUT2D eigenvalue weighted by molar-refractivity contribution is 6.39. The smallest absolute Gasteiger partial charge is 0.269 e. The first-order valence-electron chi connectivity index (χ1n) is 6.53. The molecule has 1 aromatic rings. The van der Waals surface area contributed by atoms with Crippen LogP contribution in [0.5, 0.6) is 0 Å². The van der Waals surface area contributed by atoms with E-state index in [2.05, 4.69) is 17.2 Å². The Bertz CT molecular complexity index is 473. The summed E-state index contributed by atoms with van der Waals surface area (Å²) < 4.78 is 0. The van der Waals surface area contributed by atoms with Crippen LogP contribution in [0.2, 0.25) is 0 Å². The highest BCUT2D eigenvalue weighted by Crippen LogP contribution is 2.28. The van der Waals surface area contributed by atoms with Gasteiger partial charge in [-0.1, -0.05) is 13.0 Å². The van der Waals surface area contributed by atoms with Crippen LogP contribution in [0.4, 0.5) is 0 Å². The average molecular weight is 253 g/mol. The highest BCUT2D eigenvalue weighted by Gasteiger charge is 2.36. The Morgan fingerprint density at radius 1 is 1.53 bits per heavy atom. The maximum atomic E-state index is 11.8. The Hall–Kier alpha value is -1.29. The van der Waals surface area contributed by atoms with E-state index in [1.54, 1.807) is 18.2 Å². The van der Waals surface area contributed by atoms with Gasteiger partial charge in [0.1, 0.15) is 5.69 Å². The molecule has 0 bridgehead atoms. The van der Waals surface area contributed by atoms with Crippen LogP contribution in [0.25, 0.3) is 0 Å². The number of likely N-dealkylation sites (tertiary alicyclic amines) is 1. The maximum absolute atomic E-state index is 11.8. The van der Waals surface area contributed by atoms with Gasteiger partial charge in [0.25, 0.3) is 5.91 Å². The Morgan fingerprint density at radius 2 is 2.21 bits per heavy atom. The van der Waals surface area contributed by atoms with Gasteiger partial charge in [-0.05, 0) is 30.3 Å². The van der Waals surface area contributed by atoms with E-state index in [0.717, 1.165) is 13.1 Å². The number of hydrogen-bond acceptors (Lipinski definition) is 3. The normalized spacial score (nSPS) is 16.9. The molecule has 1 amide bonds. The van der Waals surface area contributed by atoms with Gasteiger partial charge < -0.3 is 10.2 Å². The van der Waals surface area contributed by atoms with Gasteiger partial charge in [0, 0.05) is 25.3 Å². The molecule has 1 aromatic heterocycles. The molecule has 1 saturated heterocycles. The van der Waals surface area contributed by atoms with Gasteiger partial charge in [0.05, 0.1) is 15.7 Å². The average Bonchev–Trinajstić information content (AvgIpc) is 2.35. The summed E-state index contributed by atoms with van der Waals surface area (Å²) in [5.41, 5.74) is 0.858. The summed E-state index contributed by atoms with van der Waals surface area (Å²) >= 11 is 0. The largest absolute Gasteiger partial charge is 0.351 e. The van der Waals surface area contributed by atoms with Crippen LogP contribution in [0.15, 0.2) is 18.2 Å². The zero-order valence-corrected chi connectivity index (χ0v) is 11.4. The van der Waals surface area contributed by atoms with E-state index in [0.29, 0.717) is 23.9 Å². The number of nitrogens with one attached hydrogen (secondary N) is 1. The number of aromatic nitrogens is 1. The van der Waals surface area contributed by atoms with E-state index in [4.69, 9.17) is 15.7 Å². The zero-order chi connectivity index (χ0) is 14.0. The second-order valence-corrected chi connectivity index (χ2v) is 5.10. The van der Waals surface area contributed by atoms with Gasteiger partial charge in [0.2, 0.25) is 0 Å². The molecule has 0 atom stereocenters. The molecule has 0 saturated carbocycles. The summed E-state index contributed by atoms with van der Waals surface area (Å²) in [6, 6.07) is 5.17. The van der Waals surface area contributed by atoms with Crippen molar-refractivity contribution in [3.05, 3.63) is 29.6 Å². The Kier molecular flexibility index (Phi) is 3.99. The molecule has 4 radical (unpaired) electrons. The minimum absolute atomic E-state index is 0.211. The molecule has 2 heterocycles. The van der Waals surface area contributed by atoms with E-state index in [1.165, 1.54) is 0 Å². The molecule has 4 nitrogen and oxygen atoms in total. The SMILES string of the molecule is [B]C([B])(c1cccc(C(=O)NCC)n1)N1CC(C)C1. The molecule has 6 heteroatoms. The lowest BCUT2D eigenvalue weighted by atomic mass is 9.57. The first-order valence-corrected chi connectivity index (χ1v) is 6.53. The fourth-order valence-electron chi connectivity index (χ4n) is 2.20. The summed E-state index contributed by atoms with van der Waals surface area (Å²) in [7, 11) is 12.3. The van der Waals surface area contributed by atoms with Crippen molar-refractivity contribution in [3.63, 3.8) is 0 Å². The molecule has 1 N–H and O–H groups in total. The van der Waals surface area contributed by atoms with Gasteiger partial charge in [-0.3, -0.25) is 4.79 Å². The minimum atomic E-state index is -1.12. The number of rotatable bonds is 4. The van der Waals surface area contributed by atoms with Crippen LogP contribution in [-0.4, -0.2) is 51.1 Å². The summed E-state index contributed by atoms with van der Waals surface area (Å²) in [6.07, 6.45) is 0.